The fourth-order valence-electron chi connectivity index (χ4n) is 2.25. The maximum atomic E-state index is 12.3. The van der Waals surface area contributed by atoms with Crippen LogP contribution >= 0.6 is 11.6 Å². The van der Waals surface area contributed by atoms with Crippen LogP contribution in [-0.2, 0) is 20.9 Å². The van der Waals surface area contributed by atoms with Gasteiger partial charge in [-0.2, -0.15) is 0 Å². The molecule has 1 rings (SSSR count). The molecule has 2 amide bonds. The lowest BCUT2D eigenvalue weighted by atomic mass is 10.1. The summed E-state index contributed by atoms with van der Waals surface area (Å²) in [6.07, 6.45) is 1.11. The van der Waals surface area contributed by atoms with Gasteiger partial charge in [0.15, 0.2) is 0 Å². The third-order valence-corrected chi connectivity index (χ3v) is 3.96. The Kier molecular flexibility index (Phi) is 9.42. The zero-order valence-electron chi connectivity index (χ0n) is 14.7. The van der Waals surface area contributed by atoms with Gasteiger partial charge >= 0.3 is 0 Å². The van der Waals surface area contributed by atoms with E-state index in [1.807, 2.05) is 19.1 Å². The van der Waals surface area contributed by atoms with E-state index in [1.54, 1.807) is 30.9 Å². The van der Waals surface area contributed by atoms with Gasteiger partial charge in [-0.1, -0.05) is 30.7 Å². The number of hydrogen-bond donors (Lipinski definition) is 1. The predicted octanol–water partition coefficient (Wildman–Crippen LogP) is 3.01. The molecule has 0 aromatic heterocycles. The van der Waals surface area contributed by atoms with Crippen LogP contribution in [0.2, 0.25) is 5.02 Å². The highest BCUT2D eigenvalue weighted by molar-refractivity contribution is 6.30. The number of halogens is 1. The SMILES string of the molecule is CCOCCCNC(=O)[C@H](C)N(Cc1ccc(Cl)cc1)C(=O)CC. The molecule has 1 aromatic carbocycles. The van der Waals surface area contributed by atoms with Crippen molar-refractivity contribution in [3.05, 3.63) is 34.9 Å². The number of hydrogen-bond acceptors (Lipinski definition) is 3. The van der Waals surface area contributed by atoms with Crippen LogP contribution in [0.25, 0.3) is 0 Å². The number of amides is 2. The smallest absolute Gasteiger partial charge is 0.242 e. The lowest BCUT2D eigenvalue weighted by molar-refractivity contribution is -0.140. The van der Waals surface area contributed by atoms with Gasteiger partial charge in [0.2, 0.25) is 11.8 Å². The van der Waals surface area contributed by atoms with Crippen molar-refractivity contribution in [3.8, 4) is 0 Å². The van der Waals surface area contributed by atoms with Crippen molar-refractivity contribution >= 4 is 23.4 Å². The number of benzene rings is 1. The fourth-order valence-corrected chi connectivity index (χ4v) is 2.38. The summed E-state index contributed by atoms with van der Waals surface area (Å²) in [7, 11) is 0. The molecule has 0 aliphatic rings. The summed E-state index contributed by atoms with van der Waals surface area (Å²) in [5, 5.41) is 3.51. The van der Waals surface area contributed by atoms with E-state index in [1.165, 1.54) is 0 Å². The molecule has 6 heteroatoms. The Morgan fingerprint density at radius 1 is 1.25 bits per heavy atom. The summed E-state index contributed by atoms with van der Waals surface area (Å²) in [6, 6.07) is 6.77. The van der Waals surface area contributed by atoms with Gasteiger partial charge in [-0.05, 0) is 38.0 Å². The highest BCUT2D eigenvalue weighted by atomic mass is 35.5. The van der Waals surface area contributed by atoms with E-state index in [0.717, 1.165) is 12.0 Å². The van der Waals surface area contributed by atoms with Crippen molar-refractivity contribution in [1.82, 2.24) is 10.2 Å². The van der Waals surface area contributed by atoms with E-state index in [-0.39, 0.29) is 11.8 Å². The summed E-state index contributed by atoms with van der Waals surface area (Å²) in [6.45, 7) is 7.70. The zero-order valence-corrected chi connectivity index (χ0v) is 15.4. The monoisotopic (exact) mass is 354 g/mol. The summed E-state index contributed by atoms with van der Waals surface area (Å²) in [4.78, 5) is 26.2. The minimum absolute atomic E-state index is 0.0538. The van der Waals surface area contributed by atoms with E-state index in [4.69, 9.17) is 16.3 Å². The Hall–Kier alpha value is -1.59. The van der Waals surface area contributed by atoms with Crippen LogP contribution < -0.4 is 5.32 Å². The van der Waals surface area contributed by atoms with Crippen molar-refractivity contribution in [2.24, 2.45) is 0 Å². The average molecular weight is 355 g/mol. The third-order valence-electron chi connectivity index (χ3n) is 3.70. The van der Waals surface area contributed by atoms with Gasteiger partial charge in [-0.25, -0.2) is 0 Å². The van der Waals surface area contributed by atoms with Crippen molar-refractivity contribution in [2.45, 2.75) is 46.2 Å². The van der Waals surface area contributed by atoms with Gasteiger partial charge in [-0.3, -0.25) is 9.59 Å². The largest absolute Gasteiger partial charge is 0.382 e. The number of carbonyl (C=O) groups is 2. The first-order valence-electron chi connectivity index (χ1n) is 8.38. The average Bonchev–Trinajstić information content (AvgIpc) is 2.59. The Balaban J connectivity index is 2.63. The highest BCUT2D eigenvalue weighted by Crippen LogP contribution is 2.14. The van der Waals surface area contributed by atoms with Crippen LogP contribution in [0.4, 0.5) is 0 Å². The number of ether oxygens (including phenoxy) is 1. The molecule has 0 spiro atoms. The quantitative estimate of drug-likeness (QED) is 0.657. The van der Waals surface area contributed by atoms with Crippen LogP contribution in [0.1, 0.15) is 39.2 Å². The molecular formula is C18H27ClN2O3. The number of nitrogens with zero attached hydrogens (tertiary/aromatic N) is 1. The molecule has 5 nitrogen and oxygen atoms in total. The molecule has 0 aliphatic carbocycles. The van der Waals surface area contributed by atoms with Gasteiger partial charge in [0.1, 0.15) is 6.04 Å². The third kappa shape index (κ3) is 6.89. The summed E-state index contributed by atoms with van der Waals surface area (Å²) >= 11 is 5.89. The first-order valence-corrected chi connectivity index (χ1v) is 8.76. The van der Waals surface area contributed by atoms with Crippen LogP contribution in [-0.4, -0.2) is 42.5 Å². The second-order valence-corrected chi connectivity index (χ2v) is 5.96. The highest BCUT2D eigenvalue weighted by Gasteiger charge is 2.24. The second kappa shape index (κ2) is 11.0. The van der Waals surface area contributed by atoms with Crippen molar-refractivity contribution in [1.29, 1.82) is 0 Å². The van der Waals surface area contributed by atoms with Crippen LogP contribution in [0.5, 0.6) is 0 Å². The topological polar surface area (TPSA) is 58.6 Å². The Labute approximate surface area is 149 Å². The van der Waals surface area contributed by atoms with Gasteiger partial charge in [-0.15, -0.1) is 0 Å². The second-order valence-electron chi connectivity index (χ2n) is 5.52. The molecule has 134 valence electrons. The van der Waals surface area contributed by atoms with Crippen molar-refractivity contribution in [3.63, 3.8) is 0 Å². The molecular weight excluding hydrogens is 328 g/mol. The summed E-state index contributed by atoms with van der Waals surface area (Å²) in [5.41, 5.74) is 0.942. The van der Waals surface area contributed by atoms with Crippen LogP contribution in [0, 0.1) is 0 Å². The molecule has 24 heavy (non-hydrogen) atoms. The maximum absolute atomic E-state index is 12.3. The van der Waals surface area contributed by atoms with E-state index in [0.29, 0.717) is 37.7 Å². The Morgan fingerprint density at radius 2 is 1.92 bits per heavy atom. The van der Waals surface area contributed by atoms with Gasteiger partial charge in [0.25, 0.3) is 0 Å². The fraction of sp³-hybridized carbons (Fsp3) is 0.556. The standard InChI is InChI=1S/C18H27ClN2O3/c1-4-17(22)21(13-15-7-9-16(19)10-8-15)14(3)18(23)20-11-6-12-24-5-2/h7-10,14H,4-6,11-13H2,1-3H3,(H,20,23)/t14-/m0/s1. The molecule has 0 saturated carbocycles. The van der Waals surface area contributed by atoms with Crippen LogP contribution in [0.15, 0.2) is 24.3 Å². The van der Waals surface area contributed by atoms with Gasteiger partial charge in [0.05, 0.1) is 0 Å². The number of carbonyl (C=O) groups excluding carboxylic acids is 2. The minimum atomic E-state index is -0.528. The molecule has 0 aliphatic heterocycles. The number of nitrogens with one attached hydrogen (secondary N) is 1. The Bertz CT molecular complexity index is 520. The molecule has 0 bridgehead atoms. The molecule has 0 heterocycles. The zero-order chi connectivity index (χ0) is 17.9. The molecule has 1 atom stereocenters. The van der Waals surface area contributed by atoms with Gasteiger partial charge < -0.3 is 15.0 Å². The molecule has 0 unspecified atom stereocenters. The summed E-state index contributed by atoms with van der Waals surface area (Å²) in [5.74, 6) is -0.204. The van der Waals surface area contributed by atoms with Gasteiger partial charge in [0, 0.05) is 37.7 Å². The first kappa shape index (κ1) is 20.5. The van der Waals surface area contributed by atoms with E-state index in [9.17, 15) is 9.59 Å². The predicted molar refractivity (Wildman–Crippen MR) is 95.9 cm³/mol. The maximum Gasteiger partial charge on any atom is 0.242 e. The molecule has 1 N–H and O–H groups in total. The molecule has 1 aromatic rings. The lowest BCUT2D eigenvalue weighted by Crippen LogP contribution is -2.47. The Morgan fingerprint density at radius 3 is 2.50 bits per heavy atom. The molecule has 0 saturated heterocycles. The minimum Gasteiger partial charge on any atom is -0.382 e. The van der Waals surface area contributed by atoms with Crippen molar-refractivity contribution < 1.29 is 14.3 Å². The lowest BCUT2D eigenvalue weighted by Gasteiger charge is -2.28. The number of rotatable bonds is 10. The molecule has 0 fully saturated rings. The first-order chi connectivity index (χ1) is 11.5. The van der Waals surface area contributed by atoms with E-state index < -0.39 is 6.04 Å². The van der Waals surface area contributed by atoms with Crippen LogP contribution in [0.3, 0.4) is 0 Å². The van der Waals surface area contributed by atoms with E-state index >= 15 is 0 Å². The van der Waals surface area contributed by atoms with E-state index in [2.05, 4.69) is 5.32 Å². The summed E-state index contributed by atoms with van der Waals surface area (Å²) < 4.78 is 5.24. The molecule has 0 radical (unpaired) electrons. The van der Waals surface area contributed by atoms with Crippen molar-refractivity contribution in [2.75, 3.05) is 19.8 Å². The normalized spacial score (nSPS) is 11.8.